The summed E-state index contributed by atoms with van der Waals surface area (Å²) in [4.78, 5) is 69.4. The molecule has 1 aromatic carbocycles. The van der Waals surface area contributed by atoms with Crippen LogP contribution in [0.15, 0.2) is 34.5 Å². The molecule has 0 saturated heterocycles. The third kappa shape index (κ3) is 26.8. The van der Waals surface area contributed by atoms with Crippen LogP contribution in [0.25, 0.3) is 0 Å². The van der Waals surface area contributed by atoms with E-state index in [9.17, 15) is 24.0 Å². The van der Waals surface area contributed by atoms with Crippen LogP contribution in [0, 0.1) is 5.92 Å². The molecule has 0 saturated carbocycles. The molecule has 0 bridgehead atoms. The monoisotopic (exact) mass is 1020 g/mol. The molecule has 1 aliphatic rings. The molecule has 2 rings (SSSR count). The topological polar surface area (TPSA) is 144 Å². The third-order valence-electron chi connectivity index (χ3n) is 13.2. The molecular weight excluding hydrogens is 930 g/mol. The van der Waals surface area contributed by atoms with Crippen molar-refractivity contribution in [2.45, 2.75) is 245 Å². The first-order valence-electron chi connectivity index (χ1n) is 27.5. The minimum absolute atomic E-state index is 0.115. The second-order valence-corrected chi connectivity index (χ2v) is 19.9. The summed E-state index contributed by atoms with van der Waals surface area (Å²) in [6.07, 6.45) is 31.2. The fourth-order valence-corrected chi connectivity index (χ4v) is 9.55. The molecule has 70 heavy (non-hydrogen) atoms. The molecule has 398 valence electrons. The van der Waals surface area contributed by atoms with Crippen molar-refractivity contribution in [3.05, 3.63) is 45.1 Å². The Bertz CT molecular complexity index is 1710. The largest absolute Gasteiger partial charge is 0.466 e. The number of carbonyl (C=O) groups excluding carboxylic acids is 5. The highest BCUT2D eigenvalue weighted by Crippen LogP contribution is 2.45. The van der Waals surface area contributed by atoms with Crippen molar-refractivity contribution >= 4 is 58.8 Å². The van der Waals surface area contributed by atoms with Crippen molar-refractivity contribution in [3.63, 3.8) is 0 Å². The lowest BCUT2D eigenvalue weighted by molar-refractivity contribution is -0.167. The van der Waals surface area contributed by atoms with Crippen molar-refractivity contribution in [2.75, 3.05) is 26.9 Å². The molecule has 11 nitrogen and oxygen atoms in total. The van der Waals surface area contributed by atoms with Crippen LogP contribution in [0.4, 0.5) is 0 Å². The van der Waals surface area contributed by atoms with Gasteiger partial charge in [-0.15, -0.1) is 0 Å². The van der Waals surface area contributed by atoms with Crippen LogP contribution in [-0.2, 0) is 47.7 Å². The summed E-state index contributed by atoms with van der Waals surface area (Å²) in [6.45, 7) is 7.91. The van der Waals surface area contributed by atoms with Gasteiger partial charge in [-0.2, -0.15) is 0 Å². The minimum atomic E-state index is -0.847. The molecule has 3 atom stereocenters. The first-order valence-corrected chi connectivity index (χ1v) is 28.2. The van der Waals surface area contributed by atoms with Gasteiger partial charge < -0.3 is 23.7 Å². The van der Waals surface area contributed by atoms with E-state index in [0.29, 0.717) is 53.3 Å². The van der Waals surface area contributed by atoms with Gasteiger partial charge in [-0.05, 0) is 57.6 Å². The summed E-state index contributed by atoms with van der Waals surface area (Å²) in [5.41, 5.74) is 2.01. The van der Waals surface area contributed by atoms with Crippen LogP contribution in [0.3, 0.4) is 0 Å². The number of benzene rings is 1. The fourth-order valence-electron chi connectivity index (χ4n) is 9.12. The smallest absolute Gasteiger partial charge is 0.336 e. The normalized spacial score (nSPS) is 15.0. The zero-order valence-electron chi connectivity index (χ0n) is 44.0. The highest BCUT2D eigenvalue weighted by molar-refractivity contribution is 6.42. The molecule has 1 aliphatic heterocycles. The SMILES string of the molecule is CCCCCCCCCCCC(=O)OCC(COC(=O)CCCCCCCCCCCCC1=C(C(=O)OC)C(c2cccc(Cl)c2Cl)C(C(=O)OCC)C(C)=N1)OC(=O)CCCCCCCCCCC. The van der Waals surface area contributed by atoms with Crippen LogP contribution >= 0.6 is 23.2 Å². The van der Waals surface area contributed by atoms with E-state index >= 15 is 0 Å². The maximum atomic E-state index is 13.4. The number of halogens is 2. The van der Waals surface area contributed by atoms with E-state index in [-0.39, 0.29) is 49.2 Å². The number of unbranched alkanes of at least 4 members (excludes halogenated alkanes) is 25. The molecule has 0 N–H and O–H groups in total. The number of hydrogen-bond donors (Lipinski definition) is 0. The second-order valence-electron chi connectivity index (χ2n) is 19.1. The number of esters is 5. The quantitative estimate of drug-likeness (QED) is 0.0353. The number of ether oxygens (including phenoxy) is 5. The van der Waals surface area contributed by atoms with Crippen LogP contribution in [0.2, 0.25) is 10.0 Å². The Labute approximate surface area is 432 Å². The molecule has 1 aromatic rings. The van der Waals surface area contributed by atoms with E-state index in [1.165, 1.54) is 84.2 Å². The zero-order valence-corrected chi connectivity index (χ0v) is 45.5. The predicted octanol–water partition coefficient (Wildman–Crippen LogP) is 15.7. The lowest BCUT2D eigenvalue weighted by Gasteiger charge is -2.32. The second kappa shape index (κ2) is 40.1. The Kier molecular flexibility index (Phi) is 35.9. The Morgan fingerprint density at radius 1 is 0.571 bits per heavy atom. The van der Waals surface area contributed by atoms with E-state index in [1.54, 1.807) is 32.0 Å². The first kappa shape index (κ1) is 62.7. The molecule has 0 fully saturated rings. The van der Waals surface area contributed by atoms with Crippen molar-refractivity contribution in [1.82, 2.24) is 0 Å². The molecule has 0 spiro atoms. The van der Waals surface area contributed by atoms with Crippen LogP contribution in [0.1, 0.15) is 245 Å². The summed E-state index contributed by atoms with van der Waals surface area (Å²) in [5.74, 6) is -3.64. The molecular formula is C57H91Cl2NO10. The minimum Gasteiger partial charge on any atom is -0.466 e. The number of methoxy groups -OCH3 is 1. The number of rotatable bonds is 42. The van der Waals surface area contributed by atoms with Crippen molar-refractivity contribution in [3.8, 4) is 0 Å². The fraction of sp³-hybridized carbons (Fsp3) is 0.754. The van der Waals surface area contributed by atoms with Crippen LogP contribution in [0.5, 0.6) is 0 Å². The number of hydrogen-bond acceptors (Lipinski definition) is 11. The van der Waals surface area contributed by atoms with Gasteiger partial charge in [0.05, 0.1) is 35.0 Å². The van der Waals surface area contributed by atoms with Crippen molar-refractivity contribution < 1.29 is 47.7 Å². The van der Waals surface area contributed by atoms with E-state index in [4.69, 9.17) is 51.9 Å². The van der Waals surface area contributed by atoms with Crippen LogP contribution in [-0.4, -0.2) is 68.6 Å². The highest BCUT2D eigenvalue weighted by Gasteiger charge is 2.44. The number of nitrogens with zero attached hydrogens (tertiary/aromatic N) is 1. The molecule has 0 radical (unpaired) electrons. The summed E-state index contributed by atoms with van der Waals surface area (Å²) in [7, 11) is 1.32. The number of allylic oxidation sites excluding steroid dienone is 1. The van der Waals surface area contributed by atoms with Gasteiger partial charge in [0.2, 0.25) is 0 Å². The maximum Gasteiger partial charge on any atom is 0.336 e. The predicted molar refractivity (Wildman–Crippen MR) is 282 cm³/mol. The average molecular weight is 1020 g/mol. The van der Waals surface area contributed by atoms with Crippen molar-refractivity contribution in [1.29, 1.82) is 0 Å². The number of aliphatic imine (C=N–C) groups is 1. The van der Waals surface area contributed by atoms with Crippen LogP contribution < -0.4 is 0 Å². The maximum absolute atomic E-state index is 13.4. The lowest BCUT2D eigenvalue weighted by atomic mass is 9.75. The Morgan fingerprint density at radius 2 is 1.00 bits per heavy atom. The molecule has 3 unspecified atom stereocenters. The Hall–Kier alpha value is -3.44. The van der Waals surface area contributed by atoms with Gasteiger partial charge in [0.1, 0.15) is 19.1 Å². The summed E-state index contributed by atoms with van der Waals surface area (Å²) >= 11 is 13.1. The summed E-state index contributed by atoms with van der Waals surface area (Å²) in [5, 5.41) is 0.599. The van der Waals surface area contributed by atoms with Gasteiger partial charge in [0.25, 0.3) is 0 Å². The Balaban J connectivity index is 1.73. The molecule has 0 aliphatic carbocycles. The van der Waals surface area contributed by atoms with Gasteiger partial charge >= 0.3 is 29.8 Å². The van der Waals surface area contributed by atoms with E-state index in [2.05, 4.69) is 13.8 Å². The lowest BCUT2D eigenvalue weighted by Crippen LogP contribution is -2.36. The zero-order chi connectivity index (χ0) is 51.2. The molecule has 1 heterocycles. The van der Waals surface area contributed by atoms with Gasteiger partial charge in [-0.25, -0.2) is 4.79 Å². The highest BCUT2D eigenvalue weighted by atomic mass is 35.5. The third-order valence-corrected chi connectivity index (χ3v) is 14.0. The Morgan fingerprint density at radius 3 is 1.44 bits per heavy atom. The van der Waals surface area contributed by atoms with Gasteiger partial charge in [0, 0.05) is 30.9 Å². The van der Waals surface area contributed by atoms with Gasteiger partial charge in [-0.1, -0.05) is 203 Å². The summed E-state index contributed by atoms with van der Waals surface area (Å²) in [6, 6.07) is 5.19. The van der Waals surface area contributed by atoms with Crippen molar-refractivity contribution in [2.24, 2.45) is 10.9 Å². The van der Waals surface area contributed by atoms with Gasteiger partial charge in [-0.3, -0.25) is 24.2 Å². The molecule has 13 heteroatoms. The van der Waals surface area contributed by atoms with E-state index in [1.807, 2.05) is 0 Å². The summed E-state index contributed by atoms with van der Waals surface area (Å²) < 4.78 is 27.4. The van der Waals surface area contributed by atoms with E-state index < -0.39 is 29.9 Å². The van der Waals surface area contributed by atoms with E-state index in [0.717, 1.165) is 96.3 Å². The standard InChI is InChI=1S/C57H91Cl2NO10/c1-6-9-11-13-15-19-24-28-32-39-49(61)68-42-45(70-51(63)41-34-30-26-20-16-14-12-10-7-2)43-69-50(62)40-33-29-25-22-18-17-21-23-27-31-38-48-54(56(64)66-5)53(46-36-35-37-47(58)55(46)59)52(44(4)60-48)57(65)67-8-3/h35-37,45,52-53H,6-34,38-43H2,1-5H3. The average Bonchev–Trinajstić information content (AvgIpc) is 3.34. The number of carbonyl (C=O) groups is 5. The molecule has 0 aromatic heterocycles. The first-order chi connectivity index (χ1) is 34.0. The van der Waals surface area contributed by atoms with Gasteiger partial charge in [0.15, 0.2) is 6.10 Å². The molecule has 0 amide bonds.